The molecule has 0 saturated carbocycles. The van der Waals surface area contributed by atoms with Gasteiger partial charge in [-0.05, 0) is 29.3 Å². The molecular formula is C23H19ClN2O3. The van der Waals surface area contributed by atoms with Gasteiger partial charge >= 0.3 is 5.97 Å². The molecule has 0 fully saturated rings. The molecule has 4 rings (SSSR count). The molecule has 29 heavy (non-hydrogen) atoms. The average Bonchev–Trinajstić information content (AvgIpc) is 3.10. The number of H-pyrrole nitrogens is 1. The summed E-state index contributed by atoms with van der Waals surface area (Å²) in [7, 11) is 2.94. The third-order valence-corrected chi connectivity index (χ3v) is 5.10. The lowest BCUT2D eigenvalue weighted by Crippen LogP contribution is -2.06. The zero-order chi connectivity index (χ0) is 20.4. The van der Waals surface area contributed by atoms with Gasteiger partial charge in [-0.1, -0.05) is 48.0 Å². The van der Waals surface area contributed by atoms with E-state index in [2.05, 4.69) is 9.97 Å². The van der Waals surface area contributed by atoms with Crippen LogP contribution in [0.5, 0.6) is 5.75 Å². The number of fused-ring (bicyclic) bond motifs is 1. The first-order valence-corrected chi connectivity index (χ1v) is 9.46. The van der Waals surface area contributed by atoms with Crippen LogP contribution >= 0.6 is 11.6 Å². The van der Waals surface area contributed by atoms with E-state index in [1.165, 1.54) is 7.11 Å². The lowest BCUT2D eigenvalue weighted by molar-refractivity contribution is 0.0593. The van der Waals surface area contributed by atoms with Crippen LogP contribution < -0.4 is 4.74 Å². The lowest BCUT2D eigenvalue weighted by Gasteiger charge is -2.07. The van der Waals surface area contributed by atoms with Crippen molar-refractivity contribution in [2.75, 3.05) is 14.2 Å². The molecule has 5 nitrogen and oxygen atoms in total. The maximum atomic E-state index is 11.9. The minimum absolute atomic E-state index is 0.283. The molecule has 6 heteroatoms. The quantitative estimate of drug-likeness (QED) is 0.458. The summed E-state index contributed by atoms with van der Waals surface area (Å²) in [6.45, 7) is 0. The predicted molar refractivity (Wildman–Crippen MR) is 114 cm³/mol. The molecule has 146 valence electrons. The Morgan fingerprint density at radius 1 is 1.07 bits per heavy atom. The number of carbonyl (C=O) groups excluding carboxylic acids is 1. The van der Waals surface area contributed by atoms with Gasteiger partial charge in [0, 0.05) is 29.1 Å². The number of pyridine rings is 1. The Balaban J connectivity index is 1.88. The maximum Gasteiger partial charge on any atom is 0.356 e. The number of aromatic nitrogens is 2. The monoisotopic (exact) mass is 406 g/mol. The van der Waals surface area contributed by atoms with E-state index < -0.39 is 5.97 Å². The van der Waals surface area contributed by atoms with Crippen molar-refractivity contribution in [3.63, 3.8) is 0 Å². The van der Waals surface area contributed by atoms with E-state index in [0.717, 1.165) is 33.4 Å². The van der Waals surface area contributed by atoms with E-state index in [4.69, 9.17) is 21.1 Å². The molecule has 0 aliphatic rings. The summed E-state index contributed by atoms with van der Waals surface area (Å²) >= 11 is 6.40. The second-order valence-electron chi connectivity index (χ2n) is 6.56. The molecule has 0 spiro atoms. The van der Waals surface area contributed by atoms with E-state index >= 15 is 0 Å². The SMILES string of the molecule is COC(=O)c1cccc(Cc2c(-c3ccccc3)[nH]c3cc(OC)c(Cl)cc23)n1. The fourth-order valence-corrected chi connectivity index (χ4v) is 3.66. The lowest BCUT2D eigenvalue weighted by atomic mass is 10.0. The number of aromatic amines is 1. The number of nitrogens with zero attached hydrogens (tertiary/aromatic N) is 1. The van der Waals surface area contributed by atoms with Gasteiger partial charge in [0.25, 0.3) is 0 Å². The van der Waals surface area contributed by atoms with Gasteiger partial charge in [0.1, 0.15) is 11.4 Å². The number of methoxy groups -OCH3 is 2. The van der Waals surface area contributed by atoms with Crippen molar-refractivity contribution >= 4 is 28.5 Å². The molecule has 1 N–H and O–H groups in total. The smallest absolute Gasteiger partial charge is 0.356 e. The Morgan fingerprint density at radius 3 is 2.59 bits per heavy atom. The summed E-state index contributed by atoms with van der Waals surface area (Å²) in [5.74, 6) is 0.152. The molecular weight excluding hydrogens is 388 g/mol. The highest BCUT2D eigenvalue weighted by atomic mass is 35.5. The van der Waals surface area contributed by atoms with Crippen LogP contribution in [-0.2, 0) is 11.2 Å². The van der Waals surface area contributed by atoms with Crippen LogP contribution in [0.2, 0.25) is 5.02 Å². The molecule has 2 aromatic heterocycles. The van der Waals surface area contributed by atoms with Gasteiger partial charge in [-0.15, -0.1) is 0 Å². The topological polar surface area (TPSA) is 64.2 Å². The van der Waals surface area contributed by atoms with Crippen LogP contribution in [0.15, 0.2) is 60.7 Å². The van der Waals surface area contributed by atoms with Crippen LogP contribution in [0, 0.1) is 0 Å². The van der Waals surface area contributed by atoms with Gasteiger partial charge in [0.2, 0.25) is 0 Å². The third kappa shape index (κ3) is 3.69. The van der Waals surface area contributed by atoms with Crippen molar-refractivity contribution in [1.82, 2.24) is 9.97 Å². The molecule has 0 unspecified atom stereocenters. The summed E-state index contributed by atoms with van der Waals surface area (Å²) in [6, 6.07) is 19.2. The number of ether oxygens (including phenoxy) is 2. The summed E-state index contributed by atoms with van der Waals surface area (Å²) in [6.07, 6.45) is 0.526. The van der Waals surface area contributed by atoms with Gasteiger partial charge < -0.3 is 14.5 Å². The first-order chi connectivity index (χ1) is 14.1. The molecule has 0 amide bonds. The molecule has 0 atom stereocenters. The van der Waals surface area contributed by atoms with Crippen molar-refractivity contribution in [2.45, 2.75) is 6.42 Å². The number of carbonyl (C=O) groups is 1. The van der Waals surface area contributed by atoms with Gasteiger partial charge in [-0.2, -0.15) is 0 Å². The van der Waals surface area contributed by atoms with Crippen LogP contribution in [-0.4, -0.2) is 30.2 Å². The molecule has 0 aliphatic heterocycles. The Kier molecular flexibility index (Phi) is 5.23. The minimum Gasteiger partial charge on any atom is -0.495 e. The maximum absolute atomic E-state index is 11.9. The summed E-state index contributed by atoms with van der Waals surface area (Å²) < 4.78 is 10.2. The molecule has 4 aromatic rings. The summed E-state index contributed by atoms with van der Waals surface area (Å²) in [5.41, 5.74) is 5.05. The first-order valence-electron chi connectivity index (χ1n) is 9.08. The van der Waals surface area contributed by atoms with E-state index in [0.29, 0.717) is 17.2 Å². The van der Waals surface area contributed by atoms with Crippen molar-refractivity contribution in [1.29, 1.82) is 0 Å². The zero-order valence-corrected chi connectivity index (χ0v) is 16.8. The van der Waals surface area contributed by atoms with Gasteiger partial charge in [-0.25, -0.2) is 9.78 Å². The minimum atomic E-state index is -0.457. The van der Waals surface area contributed by atoms with Crippen LogP contribution in [0.1, 0.15) is 21.7 Å². The summed E-state index contributed by atoms with van der Waals surface area (Å²) in [5, 5.41) is 1.52. The van der Waals surface area contributed by atoms with E-state index in [9.17, 15) is 4.79 Å². The Bertz CT molecular complexity index is 1190. The third-order valence-electron chi connectivity index (χ3n) is 4.80. The van der Waals surface area contributed by atoms with Crippen LogP contribution in [0.4, 0.5) is 0 Å². The summed E-state index contributed by atoms with van der Waals surface area (Å²) in [4.78, 5) is 19.8. The number of hydrogen-bond donors (Lipinski definition) is 1. The number of rotatable bonds is 5. The molecule has 2 aromatic carbocycles. The van der Waals surface area contributed by atoms with Crippen LogP contribution in [0.25, 0.3) is 22.2 Å². The molecule has 0 bridgehead atoms. The largest absolute Gasteiger partial charge is 0.495 e. The van der Waals surface area contributed by atoms with Crippen molar-refractivity contribution in [3.05, 3.63) is 82.6 Å². The van der Waals surface area contributed by atoms with Gasteiger partial charge in [0.05, 0.1) is 24.9 Å². The molecule has 2 heterocycles. The van der Waals surface area contributed by atoms with E-state index in [1.54, 1.807) is 13.2 Å². The Hall–Kier alpha value is -3.31. The number of halogens is 1. The molecule has 0 aliphatic carbocycles. The standard InChI is InChI=1S/C23H19ClN2O3/c1-28-21-13-20-16(12-18(21)24)17(22(26-20)14-7-4-3-5-8-14)11-15-9-6-10-19(25-15)23(27)29-2/h3-10,12-13,26H,11H2,1-2H3. The fraction of sp³-hybridized carbons (Fsp3) is 0.130. The van der Waals surface area contributed by atoms with Gasteiger partial charge in [0.15, 0.2) is 0 Å². The fourth-order valence-electron chi connectivity index (χ4n) is 3.42. The number of esters is 1. The van der Waals surface area contributed by atoms with Gasteiger partial charge in [-0.3, -0.25) is 0 Å². The van der Waals surface area contributed by atoms with Crippen molar-refractivity contribution in [2.24, 2.45) is 0 Å². The average molecular weight is 407 g/mol. The molecule has 0 radical (unpaired) electrons. The molecule has 0 saturated heterocycles. The number of hydrogen-bond acceptors (Lipinski definition) is 4. The highest BCUT2D eigenvalue weighted by Crippen LogP contribution is 2.37. The zero-order valence-electron chi connectivity index (χ0n) is 16.0. The van der Waals surface area contributed by atoms with Crippen molar-refractivity contribution in [3.8, 4) is 17.0 Å². The predicted octanol–water partition coefficient (Wildman–Crippen LogP) is 5.27. The second-order valence-corrected chi connectivity index (χ2v) is 6.97. The second kappa shape index (κ2) is 7.97. The highest BCUT2D eigenvalue weighted by molar-refractivity contribution is 6.33. The first kappa shape index (κ1) is 19.0. The van der Waals surface area contributed by atoms with E-state index in [1.807, 2.05) is 54.6 Å². The highest BCUT2D eigenvalue weighted by Gasteiger charge is 2.17. The van der Waals surface area contributed by atoms with E-state index in [-0.39, 0.29) is 5.69 Å². The number of benzene rings is 2. The Morgan fingerprint density at radius 2 is 1.86 bits per heavy atom. The normalized spacial score (nSPS) is 10.9. The van der Waals surface area contributed by atoms with Crippen LogP contribution in [0.3, 0.4) is 0 Å². The Labute approximate surface area is 173 Å². The van der Waals surface area contributed by atoms with Crippen molar-refractivity contribution < 1.29 is 14.3 Å². The number of nitrogens with one attached hydrogen (secondary N) is 1.